The monoisotopic (exact) mass is 457 g/mol. The Bertz CT molecular complexity index is 1360. The second-order valence-electron chi connectivity index (χ2n) is 8.02. The van der Waals surface area contributed by atoms with Crippen molar-refractivity contribution in [3.05, 3.63) is 66.5 Å². The third kappa shape index (κ3) is 4.45. The average molecular weight is 458 g/mol. The van der Waals surface area contributed by atoms with Crippen molar-refractivity contribution in [2.24, 2.45) is 5.92 Å². The van der Waals surface area contributed by atoms with Crippen LogP contribution in [0.15, 0.2) is 60.9 Å². The molecular weight excluding hydrogens is 434 g/mol. The smallest absolute Gasteiger partial charge is 0.321 e. The molecule has 8 heteroatoms. The van der Waals surface area contributed by atoms with Gasteiger partial charge in [0.05, 0.1) is 16.8 Å². The van der Waals surface area contributed by atoms with Gasteiger partial charge in [-0.1, -0.05) is 19.1 Å². The van der Waals surface area contributed by atoms with Crippen LogP contribution in [0.3, 0.4) is 0 Å². The molecule has 1 unspecified atom stereocenters. The average Bonchev–Trinajstić information content (AvgIpc) is 3.62. The van der Waals surface area contributed by atoms with Crippen molar-refractivity contribution in [2.75, 3.05) is 10.5 Å². The van der Waals surface area contributed by atoms with Crippen LogP contribution in [0.5, 0.6) is 11.8 Å². The highest BCUT2D eigenvalue weighted by Crippen LogP contribution is 2.40. The lowest BCUT2D eigenvalue weighted by atomic mass is 10.1. The summed E-state index contributed by atoms with van der Waals surface area (Å²) in [7, 11) is -1.10. The molecule has 0 bridgehead atoms. The highest BCUT2D eigenvalue weighted by Gasteiger charge is 2.26. The van der Waals surface area contributed by atoms with Gasteiger partial charge in [-0.05, 0) is 54.7 Å². The first-order valence-electron chi connectivity index (χ1n) is 10.9. The van der Waals surface area contributed by atoms with Crippen LogP contribution in [-0.2, 0) is 17.5 Å². The van der Waals surface area contributed by atoms with E-state index < -0.39 is 11.0 Å². The molecular formula is C25H23N5O2S. The zero-order chi connectivity index (χ0) is 22.8. The number of aromatic nitrogens is 3. The van der Waals surface area contributed by atoms with Crippen LogP contribution >= 0.6 is 0 Å². The third-order valence-corrected chi connectivity index (χ3v) is 6.68. The predicted molar refractivity (Wildman–Crippen MR) is 129 cm³/mol. The maximum absolute atomic E-state index is 11.8. The number of benzene rings is 2. The van der Waals surface area contributed by atoms with E-state index in [-0.39, 0.29) is 6.01 Å². The minimum atomic E-state index is -1.10. The van der Waals surface area contributed by atoms with E-state index in [0.717, 1.165) is 34.4 Å². The molecule has 1 saturated carbocycles. The number of rotatable bonds is 8. The van der Waals surface area contributed by atoms with Gasteiger partial charge in [0.2, 0.25) is 0 Å². The van der Waals surface area contributed by atoms with Crippen LogP contribution in [0.25, 0.3) is 22.2 Å². The summed E-state index contributed by atoms with van der Waals surface area (Å²) >= 11 is 0. The van der Waals surface area contributed by atoms with E-state index in [9.17, 15) is 9.47 Å². The molecule has 1 aliphatic rings. The normalized spacial score (nSPS) is 14.1. The molecule has 0 saturated heterocycles. The van der Waals surface area contributed by atoms with Crippen molar-refractivity contribution in [3.63, 3.8) is 0 Å². The van der Waals surface area contributed by atoms with Crippen molar-refractivity contribution in [1.29, 1.82) is 5.26 Å². The van der Waals surface area contributed by atoms with Crippen LogP contribution in [0.2, 0.25) is 0 Å². The van der Waals surface area contributed by atoms with Crippen molar-refractivity contribution in [2.45, 2.75) is 26.3 Å². The van der Waals surface area contributed by atoms with Gasteiger partial charge in [-0.3, -0.25) is 0 Å². The molecule has 0 aliphatic heterocycles. The Morgan fingerprint density at radius 3 is 2.61 bits per heavy atom. The van der Waals surface area contributed by atoms with Crippen LogP contribution in [-0.4, -0.2) is 24.5 Å². The fourth-order valence-corrected chi connectivity index (χ4v) is 4.44. The van der Waals surface area contributed by atoms with Crippen molar-refractivity contribution in [1.82, 2.24) is 14.5 Å². The summed E-state index contributed by atoms with van der Waals surface area (Å²) in [6, 6.07) is 17.9. The first-order chi connectivity index (χ1) is 16.2. The van der Waals surface area contributed by atoms with Crippen molar-refractivity contribution >= 4 is 27.6 Å². The number of nitrogens with one attached hydrogen (secondary N) is 1. The van der Waals surface area contributed by atoms with Gasteiger partial charge in [-0.25, -0.2) is 14.2 Å². The van der Waals surface area contributed by atoms with Gasteiger partial charge >= 0.3 is 6.01 Å². The van der Waals surface area contributed by atoms with Crippen LogP contribution < -0.4 is 9.46 Å². The summed E-state index contributed by atoms with van der Waals surface area (Å²) < 4.78 is 22.9. The minimum Gasteiger partial charge on any atom is -0.424 e. The maximum atomic E-state index is 11.8. The lowest BCUT2D eigenvalue weighted by molar-refractivity contribution is 0.442. The topological polar surface area (TPSA) is 92.8 Å². The molecule has 2 aromatic heterocycles. The molecule has 0 amide bonds. The fourth-order valence-electron chi connectivity index (χ4n) is 3.90. The lowest BCUT2D eigenvalue weighted by Crippen LogP contribution is -2.06. The number of anilines is 1. The van der Waals surface area contributed by atoms with E-state index in [1.807, 2.05) is 49.4 Å². The highest BCUT2D eigenvalue weighted by atomic mass is 32.2. The number of ether oxygens (including phenoxy) is 1. The summed E-state index contributed by atoms with van der Waals surface area (Å²) in [6.45, 7) is 2.72. The molecule has 1 aliphatic carbocycles. The molecule has 1 fully saturated rings. The Kier molecular flexibility index (Phi) is 5.80. The Morgan fingerprint density at radius 1 is 1.18 bits per heavy atom. The molecule has 5 rings (SSSR count). The second kappa shape index (κ2) is 9.04. The van der Waals surface area contributed by atoms with Crippen molar-refractivity contribution < 1.29 is 8.95 Å². The zero-order valence-corrected chi connectivity index (χ0v) is 19.0. The number of fused-ring (bicyclic) bond motifs is 1. The number of nitrogens with zero attached hydrogens (tertiary/aromatic N) is 4. The second-order valence-corrected chi connectivity index (χ2v) is 9.49. The van der Waals surface area contributed by atoms with Gasteiger partial charge in [0.15, 0.2) is 0 Å². The van der Waals surface area contributed by atoms with E-state index in [4.69, 9.17) is 4.74 Å². The molecule has 166 valence electrons. The first kappa shape index (κ1) is 21.2. The zero-order valence-electron chi connectivity index (χ0n) is 18.2. The highest BCUT2D eigenvalue weighted by molar-refractivity contribution is 7.86. The van der Waals surface area contributed by atoms with E-state index in [1.54, 1.807) is 18.5 Å². The minimum absolute atomic E-state index is 0.283. The predicted octanol–water partition coefficient (Wildman–Crippen LogP) is 5.27. The molecule has 4 aromatic rings. The molecule has 7 nitrogen and oxygen atoms in total. The third-order valence-electron chi connectivity index (χ3n) is 5.69. The van der Waals surface area contributed by atoms with Gasteiger partial charge in [0.1, 0.15) is 22.8 Å². The molecule has 2 aromatic carbocycles. The Morgan fingerprint density at radius 2 is 1.94 bits per heavy atom. The first-order valence-corrected chi connectivity index (χ1v) is 12.2. The van der Waals surface area contributed by atoms with E-state index in [2.05, 4.69) is 25.3 Å². The summed E-state index contributed by atoms with van der Waals surface area (Å²) in [4.78, 5) is 8.27. The van der Waals surface area contributed by atoms with Gasteiger partial charge in [-0.2, -0.15) is 5.26 Å². The van der Waals surface area contributed by atoms with Gasteiger partial charge in [0.25, 0.3) is 0 Å². The van der Waals surface area contributed by atoms with Gasteiger partial charge < -0.3 is 14.0 Å². The Hall–Kier alpha value is -3.70. The van der Waals surface area contributed by atoms with E-state index in [0.29, 0.717) is 23.0 Å². The fraction of sp³-hybridized carbons (Fsp3) is 0.240. The van der Waals surface area contributed by atoms with Crippen LogP contribution in [0.1, 0.15) is 25.3 Å². The molecule has 1 N–H and O–H groups in total. The standard InChI is InChI=1S/C25H23N5O2S/c1-2-33(31)29-19-8-6-18(7-9-19)24-22(15-26)21-11-10-20(32-25-27-12-3-13-28-25)14-23(21)30(24)16-17-4-5-17/h3,6-14,17,29H,2,4-5,16H2,1H3. The maximum Gasteiger partial charge on any atom is 0.321 e. The molecule has 0 radical (unpaired) electrons. The summed E-state index contributed by atoms with van der Waals surface area (Å²) in [5, 5.41) is 11.0. The summed E-state index contributed by atoms with van der Waals surface area (Å²) in [6.07, 6.45) is 5.66. The van der Waals surface area contributed by atoms with Gasteiger partial charge in [0, 0.05) is 41.8 Å². The van der Waals surface area contributed by atoms with Gasteiger partial charge in [-0.15, -0.1) is 0 Å². The Labute approximate surface area is 194 Å². The molecule has 2 heterocycles. The summed E-state index contributed by atoms with van der Waals surface area (Å²) in [5.74, 6) is 1.77. The molecule has 33 heavy (non-hydrogen) atoms. The summed E-state index contributed by atoms with van der Waals surface area (Å²) in [5.41, 5.74) is 4.24. The quantitative estimate of drug-likeness (QED) is 0.389. The van der Waals surface area contributed by atoms with E-state index in [1.165, 1.54) is 12.8 Å². The molecule has 0 spiro atoms. The van der Waals surface area contributed by atoms with Crippen LogP contribution in [0.4, 0.5) is 5.69 Å². The lowest BCUT2D eigenvalue weighted by Gasteiger charge is -2.12. The largest absolute Gasteiger partial charge is 0.424 e. The SMILES string of the molecule is CCS(=O)Nc1ccc(-c2c(C#N)c3ccc(Oc4ncccn4)cc3n2CC2CC2)cc1. The number of hydrogen-bond donors (Lipinski definition) is 1. The number of hydrogen-bond acceptors (Lipinski definition) is 5. The number of nitriles is 1. The van der Waals surface area contributed by atoms with Crippen LogP contribution in [0, 0.1) is 17.2 Å². The van der Waals surface area contributed by atoms with E-state index >= 15 is 0 Å². The Balaban J connectivity index is 1.59. The molecule has 1 atom stereocenters. The van der Waals surface area contributed by atoms with Crippen molar-refractivity contribution in [3.8, 4) is 29.1 Å².